The van der Waals surface area contributed by atoms with Crippen molar-refractivity contribution in [1.82, 2.24) is 15.4 Å². The van der Waals surface area contributed by atoms with Crippen molar-refractivity contribution < 1.29 is 9.90 Å². The number of aromatic amines is 1. The molecule has 0 saturated heterocycles. The number of aromatic hydroxyl groups is 1. The molecule has 0 bridgehead atoms. The van der Waals surface area contributed by atoms with Gasteiger partial charge < -0.3 is 10.1 Å². The van der Waals surface area contributed by atoms with Crippen LogP contribution in [-0.4, -0.2) is 26.7 Å². The SMILES string of the molecule is CC(=NNC(=O)c1cc(-c2ccc(O)cc2)nc2ccccc12)c1c[nH]c2ccccc12. The lowest BCUT2D eigenvalue weighted by Crippen LogP contribution is -2.20. The highest BCUT2D eigenvalue weighted by atomic mass is 16.3. The van der Waals surface area contributed by atoms with Gasteiger partial charge in [-0.2, -0.15) is 5.10 Å². The average molecular weight is 420 g/mol. The molecular formula is C26H20N4O2. The molecule has 3 N–H and O–H groups in total. The van der Waals surface area contributed by atoms with Gasteiger partial charge in [0, 0.05) is 33.6 Å². The highest BCUT2D eigenvalue weighted by molar-refractivity contribution is 6.11. The zero-order valence-corrected chi connectivity index (χ0v) is 17.3. The van der Waals surface area contributed by atoms with Crippen LogP contribution in [-0.2, 0) is 0 Å². The molecule has 0 aliphatic carbocycles. The molecule has 0 saturated carbocycles. The van der Waals surface area contributed by atoms with Crippen LogP contribution in [0.25, 0.3) is 33.1 Å². The maximum absolute atomic E-state index is 13.1. The number of pyridine rings is 1. The maximum Gasteiger partial charge on any atom is 0.272 e. The van der Waals surface area contributed by atoms with Gasteiger partial charge in [-0.15, -0.1) is 0 Å². The molecule has 6 nitrogen and oxygen atoms in total. The summed E-state index contributed by atoms with van der Waals surface area (Å²) in [6.07, 6.45) is 1.89. The van der Waals surface area contributed by atoms with Gasteiger partial charge in [0.05, 0.1) is 22.5 Å². The molecule has 1 amide bonds. The van der Waals surface area contributed by atoms with Gasteiger partial charge in [-0.25, -0.2) is 10.4 Å². The molecule has 156 valence electrons. The zero-order chi connectivity index (χ0) is 22.1. The van der Waals surface area contributed by atoms with Crippen LogP contribution in [0.3, 0.4) is 0 Å². The fourth-order valence-electron chi connectivity index (χ4n) is 3.77. The van der Waals surface area contributed by atoms with E-state index in [9.17, 15) is 9.90 Å². The lowest BCUT2D eigenvalue weighted by molar-refractivity contribution is 0.0956. The summed E-state index contributed by atoms with van der Waals surface area (Å²) in [5.41, 5.74) is 7.99. The van der Waals surface area contributed by atoms with Crippen molar-refractivity contribution in [1.29, 1.82) is 0 Å². The Balaban J connectivity index is 1.51. The summed E-state index contributed by atoms with van der Waals surface area (Å²) in [6, 6.07) is 23.9. The van der Waals surface area contributed by atoms with E-state index in [0.29, 0.717) is 22.5 Å². The van der Waals surface area contributed by atoms with Gasteiger partial charge in [-0.05, 0) is 49.4 Å². The minimum absolute atomic E-state index is 0.176. The second-order valence-corrected chi connectivity index (χ2v) is 7.51. The molecule has 0 atom stereocenters. The standard InChI is InChI=1S/C26H20N4O2/c1-16(22-15-27-23-8-4-2-7-20(22)23)29-30-26(32)21-14-25(17-10-12-18(31)13-11-17)28-24-9-5-3-6-19(21)24/h2-15,27,31H,1H3,(H,30,32). The number of benzene rings is 3. The Hall–Kier alpha value is -4.45. The normalized spacial score (nSPS) is 11.7. The Kier molecular flexibility index (Phi) is 4.88. The Morgan fingerprint density at radius 1 is 0.938 bits per heavy atom. The highest BCUT2D eigenvalue weighted by Crippen LogP contribution is 2.26. The number of hydrazone groups is 1. The summed E-state index contributed by atoms with van der Waals surface area (Å²) in [5, 5.41) is 15.7. The Morgan fingerprint density at radius 2 is 1.66 bits per heavy atom. The van der Waals surface area contributed by atoms with E-state index in [1.54, 1.807) is 30.3 Å². The predicted molar refractivity (Wildman–Crippen MR) is 127 cm³/mol. The number of nitrogens with zero attached hydrogens (tertiary/aromatic N) is 2. The molecule has 0 aliphatic rings. The molecule has 2 aromatic heterocycles. The van der Waals surface area contributed by atoms with E-state index in [0.717, 1.165) is 27.4 Å². The second kappa shape index (κ2) is 8.00. The summed E-state index contributed by atoms with van der Waals surface area (Å²) in [4.78, 5) is 21.0. The summed E-state index contributed by atoms with van der Waals surface area (Å²) in [7, 11) is 0. The monoisotopic (exact) mass is 420 g/mol. The number of carbonyl (C=O) groups is 1. The minimum atomic E-state index is -0.317. The van der Waals surface area contributed by atoms with Crippen molar-refractivity contribution in [2.75, 3.05) is 0 Å². The predicted octanol–water partition coefficient (Wildman–Crippen LogP) is 5.24. The molecule has 5 aromatic rings. The van der Waals surface area contributed by atoms with E-state index >= 15 is 0 Å². The maximum atomic E-state index is 13.1. The van der Waals surface area contributed by atoms with Gasteiger partial charge in [-0.3, -0.25) is 4.79 Å². The fraction of sp³-hybridized carbons (Fsp3) is 0.0385. The number of para-hydroxylation sites is 2. The number of rotatable bonds is 4. The molecule has 2 heterocycles. The average Bonchev–Trinajstić information content (AvgIpc) is 3.26. The van der Waals surface area contributed by atoms with Crippen molar-refractivity contribution in [2.24, 2.45) is 5.10 Å². The van der Waals surface area contributed by atoms with Gasteiger partial charge in [0.25, 0.3) is 5.91 Å². The lowest BCUT2D eigenvalue weighted by atomic mass is 10.0. The third kappa shape index (κ3) is 3.58. The van der Waals surface area contributed by atoms with Crippen molar-refractivity contribution in [3.05, 3.63) is 96.2 Å². The van der Waals surface area contributed by atoms with Crippen LogP contribution in [0, 0.1) is 0 Å². The number of carbonyl (C=O) groups excluding carboxylic acids is 1. The zero-order valence-electron chi connectivity index (χ0n) is 17.3. The van der Waals surface area contributed by atoms with Crippen LogP contribution in [0.15, 0.2) is 90.2 Å². The van der Waals surface area contributed by atoms with Crippen LogP contribution < -0.4 is 5.43 Å². The molecule has 0 radical (unpaired) electrons. The van der Waals surface area contributed by atoms with Crippen LogP contribution in [0.4, 0.5) is 0 Å². The molecule has 5 rings (SSSR count). The Morgan fingerprint density at radius 3 is 2.47 bits per heavy atom. The van der Waals surface area contributed by atoms with Crippen LogP contribution >= 0.6 is 0 Å². The third-order valence-corrected chi connectivity index (χ3v) is 5.43. The fourth-order valence-corrected chi connectivity index (χ4v) is 3.77. The number of H-pyrrole nitrogens is 1. The molecule has 6 heteroatoms. The van der Waals surface area contributed by atoms with Crippen LogP contribution in [0.5, 0.6) is 5.75 Å². The molecule has 0 aliphatic heterocycles. The number of aromatic nitrogens is 2. The van der Waals surface area contributed by atoms with E-state index < -0.39 is 0 Å². The van der Waals surface area contributed by atoms with Crippen molar-refractivity contribution in [2.45, 2.75) is 6.92 Å². The topological polar surface area (TPSA) is 90.4 Å². The van der Waals surface area contributed by atoms with Crippen molar-refractivity contribution in [3.8, 4) is 17.0 Å². The van der Waals surface area contributed by atoms with E-state index in [4.69, 9.17) is 0 Å². The molecule has 3 aromatic carbocycles. The second-order valence-electron chi connectivity index (χ2n) is 7.51. The third-order valence-electron chi connectivity index (χ3n) is 5.43. The molecule has 0 unspecified atom stereocenters. The molecule has 0 spiro atoms. The first-order chi connectivity index (χ1) is 15.6. The summed E-state index contributed by atoms with van der Waals surface area (Å²) in [5.74, 6) is -0.141. The first-order valence-electron chi connectivity index (χ1n) is 10.2. The highest BCUT2D eigenvalue weighted by Gasteiger charge is 2.14. The molecule has 32 heavy (non-hydrogen) atoms. The summed E-state index contributed by atoms with van der Waals surface area (Å²) < 4.78 is 0. The summed E-state index contributed by atoms with van der Waals surface area (Å²) >= 11 is 0. The van der Waals surface area contributed by atoms with Crippen molar-refractivity contribution in [3.63, 3.8) is 0 Å². The Bertz CT molecular complexity index is 1480. The van der Waals surface area contributed by atoms with E-state index in [-0.39, 0.29) is 11.7 Å². The lowest BCUT2D eigenvalue weighted by Gasteiger charge is -2.09. The van der Waals surface area contributed by atoms with Gasteiger partial charge in [0.2, 0.25) is 0 Å². The minimum Gasteiger partial charge on any atom is -0.508 e. The molecule has 0 fully saturated rings. The number of amides is 1. The van der Waals surface area contributed by atoms with E-state index in [2.05, 4.69) is 20.5 Å². The first kappa shape index (κ1) is 19.5. The van der Waals surface area contributed by atoms with Crippen molar-refractivity contribution >= 4 is 33.4 Å². The smallest absolute Gasteiger partial charge is 0.272 e. The van der Waals surface area contributed by atoms with Gasteiger partial charge in [0.15, 0.2) is 0 Å². The van der Waals surface area contributed by atoms with Gasteiger partial charge >= 0.3 is 0 Å². The number of phenols is 1. The van der Waals surface area contributed by atoms with E-state index in [1.165, 1.54) is 0 Å². The van der Waals surface area contributed by atoms with Gasteiger partial charge in [-0.1, -0.05) is 36.4 Å². The number of nitrogens with one attached hydrogen (secondary N) is 2. The number of hydrogen-bond acceptors (Lipinski definition) is 4. The number of phenolic OH excluding ortho intramolecular Hbond substituents is 1. The number of hydrogen-bond donors (Lipinski definition) is 3. The van der Waals surface area contributed by atoms with Gasteiger partial charge in [0.1, 0.15) is 5.75 Å². The summed E-state index contributed by atoms with van der Waals surface area (Å²) in [6.45, 7) is 1.86. The Labute approximate surface area is 184 Å². The first-order valence-corrected chi connectivity index (χ1v) is 10.2. The van der Waals surface area contributed by atoms with E-state index in [1.807, 2.05) is 61.7 Å². The number of fused-ring (bicyclic) bond motifs is 2. The molecular weight excluding hydrogens is 400 g/mol. The largest absolute Gasteiger partial charge is 0.508 e. The quantitative estimate of drug-likeness (QED) is 0.274. The van der Waals surface area contributed by atoms with Crippen LogP contribution in [0.2, 0.25) is 0 Å². The van der Waals surface area contributed by atoms with Crippen LogP contribution in [0.1, 0.15) is 22.8 Å².